The van der Waals surface area contributed by atoms with Crippen LogP contribution in [-0.4, -0.2) is 31.6 Å². The molecule has 1 heterocycles. The van der Waals surface area contributed by atoms with Crippen LogP contribution >= 0.6 is 15.9 Å². The van der Waals surface area contributed by atoms with E-state index in [0.29, 0.717) is 22.3 Å². The van der Waals surface area contributed by atoms with Gasteiger partial charge < -0.3 is 14.8 Å². The number of para-hydroxylation sites is 1. The number of benzene rings is 1. The molecular formula is C11H10BrNO4. The molecule has 0 spiro atoms. The van der Waals surface area contributed by atoms with Crippen molar-refractivity contribution in [3.05, 3.63) is 28.2 Å². The molecule has 5 nitrogen and oxygen atoms in total. The van der Waals surface area contributed by atoms with Crippen LogP contribution in [0.2, 0.25) is 0 Å². The Labute approximate surface area is 106 Å². The van der Waals surface area contributed by atoms with Crippen LogP contribution < -0.4 is 10.1 Å². The van der Waals surface area contributed by atoms with Gasteiger partial charge in [0, 0.05) is 0 Å². The predicted octanol–water partition coefficient (Wildman–Crippen LogP) is 1.75. The van der Waals surface area contributed by atoms with Crippen molar-refractivity contribution < 1.29 is 19.1 Å². The Morgan fingerprint density at radius 1 is 1.59 bits per heavy atom. The molecule has 0 aromatic heterocycles. The summed E-state index contributed by atoms with van der Waals surface area (Å²) < 4.78 is 11.1. The molecule has 0 radical (unpaired) electrons. The number of amides is 1. The molecule has 17 heavy (non-hydrogen) atoms. The highest BCUT2D eigenvalue weighted by molar-refractivity contribution is 9.10. The number of carbonyl (C=O) groups excluding carboxylic acids is 2. The molecule has 2 rings (SSSR count). The van der Waals surface area contributed by atoms with Gasteiger partial charge in [0.25, 0.3) is 0 Å². The Balaban J connectivity index is 2.03. The number of rotatable bonds is 4. The van der Waals surface area contributed by atoms with Crippen molar-refractivity contribution in [1.29, 1.82) is 0 Å². The summed E-state index contributed by atoms with van der Waals surface area (Å²) in [5, 5.41) is 2.53. The third-order valence-corrected chi connectivity index (χ3v) is 2.91. The minimum Gasteiger partial charge on any atom is -0.488 e. The van der Waals surface area contributed by atoms with Gasteiger partial charge in [0.05, 0.1) is 16.6 Å². The number of nitrogens with one attached hydrogen (secondary N) is 1. The van der Waals surface area contributed by atoms with Crippen LogP contribution in [0.4, 0.5) is 4.79 Å². The quantitative estimate of drug-likeness (QED) is 0.860. The number of hydrogen-bond acceptors (Lipinski definition) is 4. The Hall–Kier alpha value is -1.56. The molecule has 1 atom stereocenters. The summed E-state index contributed by atoms with van der Waals surface area (Å²) in [5.74, 6) is 0.463. The fraction of sp³-hybridized carbons (Fsp3) is 0.273. The third kappa shape index (κ3) is 2.76. The first-order valence-corrected chi connectivity index (χ1v) is 5.81. The van der Waals surface area contributed by atoms with E-state index in [4.69, 9.17) is 9.47 Å². The topological polar surface area (TPSA) is 64.6 Å². The lowest BCUT2D eigenvalue weighted by atomic mass is 10.2. The summed E-state index contributed by atoms with van der Waals surface area (Å²) in [7, 11) is 0. The van der Waals surface area contributed by atoms with E-state index in [1.807, 2.05) is 0 Å². The predicted molar refractivity (Wildman–Crippen MR) is 63.3 cm³/mol. The highest BCUT2D eigenvalue weighted by Gasteiger charge is 2.23. The van der Waals surface area contributed by atoms with Gasteiger partial charge in [-0.3, -0.25) is 4.79 Å². The summed E-state index contributed by atoms with van der Waals surface area (Å²) in [6.45, 7) is 0.627. The van der Waals surface area contributed by atoms with Crippen molar-refractivity contribution >= 4 is 28.3 Å². The minimum atomic E-state index is -0.443. The zero-order chi connectivity index (χ0) is 12.3. The first-order chi connectivity index (χ1) is 8.20. The SMILES string of the molecule is O=Cc1cccc(Br)c1OCC1CNC(=O)O1. The Morgan fingerprint density at radius 2 is 2.41 bits per heavy atom. The number of alkyl carbamates (subject to hydrolysis) is 1. The molecule has 1 aromatic rings. The van der Waals surface area contributed by atoms with Crippen LogP contribution in [0.5, 0.6) is 5.75 Å². The summed E-state index contributed by atoms with van der Waals surface area (Å²) >= 11 is 3.30. The largest absolute Gasteiger partial charge is 0.488 e. The zero-order valence-electron chi connectivity index (χ0n) is 8.81. The maximum absolute atomic E-state index is 10.8. The van der Waals surface area contributed by atoms with E-state index in [1.165, 1.54) is 0 Å². The van der Waals surface area contributed by atoms with Crippen LogP contribution in [0.1, 0.15) is 10.4 Å². The lowest BCUT2D eigenvalue weighted by Crippen LogP contribution is -2.22. The second kappa shape index (κ2) is 5.18. The summed E-state index contributed by atoms with van der Waals surface area (Å²) in [6, 6.07) is 5.19. The lowest BCUT2D eigenvalue weighted by molar-refractivity contribution is 0.102. The number of halogens is 1. The van der Waals surface area contributed by atoms with Crippen LogP contribution in [0.15, 0.2) is 22.7 Å². The van der Waals surface area contributed by atoms with Crippen molar-refractivity contribution in [3.63, 3.8) is 0 Å². The van der Waals surface area contributed by atoms with Crippen molar-refractivity contribution in [2.75, 3.05) is 13.2 Å². The van der Waals surface area contributed by atoms with E-state index >= 15 is 0 Å². The molecule has 1 saturated heterocycles. The van der Waals surface area contributed by atoms with E-state index in [0.717, 1.165) is 6.29 Å². The second-order valence-electron chi connectivity index (χ2n) is 3.50. The van der Waals surface area contributed by atoms with Gasteiger partial charge in [-0.2, -0.15) is 0 Å². The van der Waals surface area contributed by atoms with Crippen LogP contribution in [0, 0.1) is 0 Å². The molecule has 1 unspecified atom stereocenters. The van der Waals surface area contributed by atoms with Gasteiger partial charge >= 0.3 is 6.09 Å². The first kappa shape index (κ1) is 11.9. The molecule has 1 aromatic carbocycles. The summed E-state index contributed by atoms with van der Waals surface area (Å²) in [6.07, 6.45) is -0.0469. The molecule has 0 bridgehead atoms. The van der Waals surface area contributed by atoms with Gasteiger partial charge in [-0.25, -0.2) is 4.79 Å². The Morgan fingerprint density at radius 3 is 3.06 bits per heavy atom. The monoisotopic (exact) mass is 299 g/mol. The number of hydrogen-bond donors (Lipinski definition) is 1. The first-order valence-electron chi connectivity index (χ1n) is 5.01. The highest BCUT2D eigenvalue weighted by Crippen LogP contribution is 2.28. The highest BCUT2D eigenvalue weighted by atomic mass is 79.9. The molecule has 0 saturated carbocycles. The smallest absolute Gasteiger partial charge is 0.407 e. The summed E-state index contributed by atoms with van der Waals surface area (Å²) in [4.78, 5) is 21.6. The van der Waals surface area contributed by atoms with Gasteiger partial charge in [-0.15, -0.1) is 0 Å². The van der Waals surface area contributed by atoms with Crippen molar-refractivity contribution in [1.82, 2.24) is 5.32 Å². The van der Waals surface area contributed by atoms with Crippen molar-refractivity contribution in [3.8, 4) is 5.75 Å². The Kier molecular flexibility index (Phi) is 3.63. The fourth-order valence-corrected chi connectivity index (χ4v) is 1.97. The molecule has 1 fully saturated rings. The van der Waals surface area contributed by atoms with Gasteiger partial charge in [-0.1, -0.05) is 6.07 Å². The molecule has 1 aliphatic heterocycles. The average Bonchev–Trinajstić information content (AvgIpc) is 2.73. The number of aldehydes is 1. The lowest BCUT2D eigenvalue weighted by Gasteiger charge is -2.12. The molecular weight excluding hydrogens is 290 g/mol. The second-order valence-corrected chi connectivity index (χ2v) is 4.35. The standard InChI is InChI=1S/C11H10BrNO4/c12-9-3-1-2-7(5-14)10(9)16-6-8-4-13-11(15)17-8/h1-3,5,8H,4,6H2,(H,13,15). The molecule has 90 valence electrons. The van der Waals surface area contributed by atoms with Gasteiger partial charge in [0.2, 0.25) is 0 Å². The van der Waals surface area contributed by atoms with Crippen molar-refractivity contribution in [2.45, 2.75) is 6.10 Å². The van der Waals surface area contributed by atoms with Crippen LogP contribution in [-0.2, 0) is 4.74 Å². The van der Waals surface area contributed by atoms with Gasteiger partial charge in [0.1, 0.15) is 12.4 Å². The minimum absolute atomic E-state index is 0.211. The van der Waals surface area contributed by atoms with E-state index < -0.39 is 6.09 Å². The number of carbonyl (C=O) groups is 2. The average molecular weight is 300 g/mol. The van der Waals surface area contributed by atoms with E-state index in [9.17, 15) is 9.59 Å². The van der Waals surface area contributed by atoms with E-state index in [-0.39, 0.29) is 12.7 Å². The van der Waals surface area contributed by atoms with Gasteiger partial charge in [-0.05, 0) is 28.1 Å². The summed E-state index contributed by atoms with van der Waals surface area (Å²) in [5.41, 5.74) is 0.455. The van der Waals surface area contributed by atoms with E-state index in [1.54, 1.807) is 18.2 Å². The Bertz CT molecular complexity index is 449. The zero-order valence-corrected chi connectivity index (χ0v) is 10.4. The third-order valence-electron chi connectivity index (χ3n) is 2.29. The number of ether oxygens (including phenoxy) is 2. The van der Waals surface area contributed by atoms with Crippen LogP contribution in [0.25, 0.3) is 0 Å². The maximum Gasteiger partial charge on any atom is 0.407 e. The maximum atomic E-state index is 10.8. The fourth-order valence-electron chi connectivity index (χ4n) is 1.47. The molecule has 6 heteroatoms. The number of cyclic esters (lactones) is 1. The van der Waals surface area contributed by atoms with Gasteiger partial charge in [0.15, 0.2) is 12.4 Å². The molecule has 0 aliphatic carbocycles. The molecule has 1 aliphatic rings. The normalized spacial score (nSPS) is 18.4. The van der Waals surface area contributed by atoms with Crippen LogP contribution in [0.3, 0.4) is 0 Å². The molecule has 1 amide bonds. The molecule has 1 N–H and O–H groups in total. The van der Waals surface area contributed by atoms with E-state index in [2.05, 4.69) is 21.2 Å². The van der Waals surface area contributed by atoms with Crippen molar-refractivity contribution in [2.24, 2.45) is 0 Å².